The molecule has 25 heavy (non-hydrogen) atoms. The van der Waals surface area contributed by atoms with Crippen LogP contribution in [-0.4, -0.2) is 6.61 Å². The van der Waals surface area contributed by atoms with E-state index < -0.39 is 0 Å². The van der Waals surface area contributed by atoms with Crippen molar-refractivity contribution in [3.05, 3.63) is 59.2 Å². The first-order valence-corrected chi connectivity index (χ1v) is 9.61. The van der Waals surface area contributed by atoms with Gasteiger partial charge in [0.1, 0.15) is 5.75 Å². The van der Waals surface area contributed by atoms with Gasteiger partial charge in [-0.2, -0.15) is 0 Å². The molecule has 0 saturated heterocycles. The smallest absolute Gasteiger partial charge is 0.122 e. The Labute approximate surface area is 153 Å². The Balaban J connectivity index is 1.96. The number of anilines is 1. The monoisotopic (exact) mass is 339 g/mol. The Bertz CT molecular complexity index is 665. The summed E-state index contributed by atoms with van der Waals surface area (Å²) < 4.78 is 5.67. The van der Waals surface area contributed by atoms with Crippen LogP contribution in [0, 0.1) is 12.8 Å². The molecule has 2 nitrogen and oxygen atoms in total. The lowest BCUT2D eigenvalue weighted by atomic mass is 9.84. The molecule has 0 saturated carbocycles. The molecule has 2 atom stereocenters. The van der Waals surface area contributed by atoms with Crippen molar-refractivity contribution in [2.24, 2.45) is 5.92 Å². The lowest BCUT2D eigenvalue weighted by Gasteiger charge is -2.21. The van der Waals surface area contributed by atoms with Gasteiger partial charge in [0.05, 0.1) is 6.61 Å². The summed E-state index contributed by atoms with van der Waals surface area (Å²) in [5.74, 6) is 2.29. The molecule has 2 N–H and O–H groups in total. The SMILES string of the molecule is CCOc1ccc(C(CC)CC(C)CCc2ccccc2N)cc1C. The van der Waals surface area contributed by atoms with Crippen LogP contribution in [0.4, 0.5) is 5.69 Å². The summed E-state index contributed by atoms with van der Waals surface area (Å²) in [6, 6.07) is 14.9. The van der Waals surface area contributed by atoms with Crippen LogP contribution in [0.2, 0.25) is 0 Å². The molecule has 0 aliphatic heterocycles. The summed E-state index contributed by atoms with van der Waals surface area (Å²) in [4.78, 5) is 0. The van der Waals surface area contributed by atoms with E-state index in [-0.39, 0.29) is 0 Å². The van der Waals surface area contributed by atoms with Gasteiger partial charge in [0.2, 0.25) is 0 Å². The highest BCUT2D eigenvalue weighted by atomic mass is 16.5. The molecule has 2 heteroatoms. The van der Waals surface area contributed by atoms with E-state index in [2.05, 4.69) is 51.1 Å². The lowest BCUT2D eigenvalue weighted by molar-refractivity contribution is 0.337. The van der Waals surface area contributed by atoms with Crippen molar-refractivity contribution in [1.29, 1.82) is 0 Å². The van der Waals surface area contributed by atoms with Crippen molar-refractivity contribution >= 4 is 5.69 Å². The quantitative estimate of drug-likeness (QED) is 0.558. The Morgan fingerprint density at radius 3 is 2.48 bits per heavy atom. The van der Waals surface area contributed by atoms with Gasteiger partial charge in [-0.25, -0.2) is 0 Å². The van der Waals surface area contributed by atoms with E-state index >= 15 is 0 Å². The van der Waals surface area contributed by atoms with Crippen LogP contribution in [0.15, 0.2) is 42.5 Å². The maximum absolute atomic E-state index is 6.07. The zero-order valence-corrected chi connectivity index (χ0v) is 16.2. The third-order valence-electron chi connectivity index (χ3n) is 5.11. The van der Waals surface area contributed by atoms with E-state index in [9.17, 15) is 0 Å². The second-order valence-corrected chi connectivity index (χ2v) is 7.14. The van der Waals surface area contributed by atoms with Gasteiger partial charge in [-0.05, 0) is 80.2 Å². The first-order valence-electron chi connectivity index (χ1n) is 9.61. The molecule has 0 bridgehead atoms. The molecule has 2 aromatic rings. The largest absolute Gasteiger partial charge is 0.494 e. The highest BCUT2D eigenvalue weighted by Gasteiger charge is 2.15. The summed E-state index contributed by atoms with van der Waals surface area (Å²) in [6.45, 7) is 9.55. The predicted octanol–water partition coefficient (Wildman–Crippen LogP) is 6.13. The number of nitrogens with two attached hydrogens (primary N) is 1. The zero-order chi connectivity index (χ0) is 18.2. The van der Waals surface area contributed by atoms with Crippen LogP contribution in [0.1, 0.15) is 62.6 Å². The van der Waals surface area contributed by atoms with Gasteiger partial charge in [-0.1, -0.05) is 44.2 Å². The van der Waals surface area contributed by atoms with Crippen LogP contribution in [0.3, 0.4) is 0 Å². The second kappa shape index (κ2) is 9.50. The van der Waals surface area contributed by atoms with Crippen molar-refractivity contribution < 1.29 is 4.74 Å². The molecule has 136 valence electrons. The highest BCUT2D eigenvalue weighted by Crippen LogP contribution is 2.32. The zero-order valence-electron chi connectivity index (χ0n) is 16.2. The number of para-hydroxylation sites is 1. The van der Waals surface area contributed by atoms with E-state index in [0.717, 1.165) is 24.5 Å². The van der Waals surface area contributed by atoms with E-state index in [1.165, 1.54) is 36.0 Å². The average Bonchev–Trinajstić information content (AvgIpc) is 2.61. The van der Waals surface area contributed by atoms with Gasteiger partial charge in [-0.15, -0.1) is 0 Å². The van der Waals surface area contributed by atoms with Gasteiger partial charge in [-0.3, -0.25) is 0 Å². The summed E-state index contributed by atoms with van der Waals surface area (Å²) >= 11 is 0. The van der Waals surface area contributed by atoms with Crippen LogP contribution < -0.4 is 10.5 Å². The topological polar surface area (TPSA) is 35.2 Å². The number of hydrogen-bond donors (Lipinski definition) is 1. The van der Waals surface area contributed by atoms with Crippen molar-refractivity contribution in [3.8, 4) is 5.75 Å². The van der Waals surface area contributed by atoms with Crippen LogP contribution in [0.25, 0.3) is 0 Å². The number of nitrogen functional groups attached to an aromatic ring is 1. The molecule has 2 aromatic carbocycles. The molecule has 2 unspecified atom stereocenters. The van der Waals surface area contributed by atoms with Crippen LogP contribution in [-0.2, 0) is 6.42 Å². The number of rotatable bonds is 9. The fourth-order valence-corrected chi connectivity index (χ4v) is 3.55. The first kappa shape index (κ1) is 19.4. The summed E-state index contributed by atoms with van der Waals surface area (Å²) in [5, 5.41) is 0. The number of aryl methyl sites for hydroxylation is 2. The maximum Gasteiger partial charge on any atom is 0.122 e. The maximum atomic E-state index is 6.07. The van der Waals surface area contributed by atoms with Gasteiger partial charge in [0, 0.05) is 5.69 Å². The highest BCUT2D eigenvalue weighted by molar-refractivity contribution is 5.46. The fourth-order valence-electron chi connectivity index (χ4n) is 3.55. The molecule has 0 aliphatic carbocycles. The minimum absolute atomic E-state index is 0.609. The molecule has 0 aromatic heterocycles. The van der Waals surface area contributed by atoms with Crippen LogP contribution in [0.5, 0.6) is 5.75 Å². The summed E-state index contributed by atoms with van der Waals surface area (Å²) in [6.07, 6.45) is 4.63. The normalized spacial score (nSPS) is 13.4. The van der Waals surface area contributed by atoms with Gasteiger partial charge >= 0.3 is 0 Å². The second-order valence-electron chi connectivity index (χ2n) is 7.14. The molecule has 0 fully saturated rings. The minimum atomic E-state index is 0.609. The Morgan fingerprint density at radius 2 is 1.84 bits per heavy atom. The Morgan fingerprint density at radius 1 is 1.08 bits per heavy atom. The fraction of sp³-hybridized carbons (Fsp3) is 0.478. The van der Waals surface area contributed by atoms with E-state index in [4.69, 9.17) is 10.5 Å². The third-order valence-corrected chi connectivity index (χ3v) is 5.11. The minimum Gasteiger partial charge on any atom is -0.494 e. The lowest BCUT2D eigenvalue weighted by Crippen LogP contribution is -2.07. The Hall–Kier alpha value is -1.96. The number of benzene rings is 2. The van der Waals surface area contributed by atoms with Crippen molar-refractivity contribution in [3.63, 3.8) is 0 Å². The molecular weight excluding hydrogens is 306 g/mol. The molecule has 2 rings (SSSR count). The number of ether oxygens (including phenoxy) is 1. The van der Waals surface area contributed by atoms with Gasteiger partial charge in [0.25, 0.3) is 0 Å². The molecule has 0 aliphatic rings. The van der Waals surface area contributed by atoms with Gasteiger partial charge in [0.15, 0.2) is 0 Å². The molecule has 0 spiro atoms. The average molecular weight is 340 g/mol. The van der Waals surface area contributed by atoms with E-state index in [1.807, 2.05) is 19.1 Å². The number of hydrogen-bond acceptors (Lipinski definition) is 2. The third kappa shape index (κ3) is 5.52. The van der Waals surface area contributed by atoms with Gasteiger partial charge < -0.3 is 10.5 Å². The van der Waals surface area contributed by atoms with E-state index in [0.29, 0.717) is 11.8 Å². The van der Waals surface area contributed by atoms with Crippen molar-refractivity contribution in [1.82, 2.24) is 0 Å². The van der Waals surface area contributed by atoms with Crippen molar-refractivity contribution in [2.75, 3.05) is 12.3 Å². The summed E-state index contributed by atoms with van der Waals surface area (Å²) in [7, 11) is 0. The van der Waals surface area contributed by atoms with Crippen molar-refractivity contribution in [2.45, 2.75) is 59.3 Å². The Kier molecular flexibility index (Phi) is 7.36. The van der Waals surface area contributed by atoms with E-state index in [1.54, 1.807) is 0 Å². The standard InChI is InChI=1S/C23H33NO/c1-5-19(21-13-14-23(25-6-2)18(4)16-21)15-17(3)11-12-20-9-7-8-10-22(20)24/h7-10,13-14,16-17,19H,5-6,11-12,15,24H2,1-4H3. The van der Waals surface area contributed by atoms with Crippen LogP contribution >= 0.6 is 0 Å². The molecule has 0 radical (unpaired) electrons. The molecule has 0 heterocycles. The molecule has 0 amide bonds. The molecular formula is C23H33NO. The predicted molar refractivity (Wildman–Crippen MR) is 108 cm³/mol. The first-order chi connectivity index (χ1) is 12.0. The summed E-state index contributed by atoms with van der Waals surface area (Å²) in [5.41, 5.74) is 10.9.